The Morgan fingerprint density at radius 3 is 2.75 bits per heavy atom. The maximum absolute atomic E-state index is 12.2. The molecule has 0 saturated carbocycles. The van der Waals surface area contributed by atoms with Gasteiger partial charge in [-0.15, -0.1) is 0 Å². The van der Waals surface area contributed by atoms with E-state index in [9.17, 15) is 4.79 Å². The number of nitrogens with one attached hydrogen (secondary N) is 1. The molecule has 1 heterocycles. The third-order valence-electron chi connectivity index (χ3n) is 3.23. The van der Waals surface area contributed by atoms with Crippen molar-refractivity contribution in [3.05, 3.63) is 42.2 Å². The Balaban J connectivity index is 1.91. The number of rotatable bonds is 7. The van der Waals surface area contributed by atoms with Crippen molar-refractivity contribution in [2.24, 2.45) is 0 Å². The molecule has 0 saturated heterocycles. The molecule has 0 bridgehead atoms. The van der Waals surface area contributed by atoms with Gasteiger partial charge in [0.05, 0.1) is 0 Å². The van der Waals surface area contributed by atoms with E-state index in [1.807, 2.05) is 30.3 Å². The van der Waals surface area contributed by atoms with Crippen molar-refractivity contribution in [3.8, 4) is 0 Å². The number of hydrogen-bond donors (Lipinski definition) is 1. The minimum Gasteiger partial charge on any atom is -0.351 e. The van der Waals surface area contributed by atoms with Crippen LogP contribution in [-0.2, 0) is 0 Å². The molecule has 0 spiro atoms. The fourth-order valence-corrected chi connectivity index (χ4v) is 2.56. The van der Waals surface area contributed by atoms with Gasteiger partial charge in [-0.1, -0.05) is 53.0 Å². The van der Waals surface area contributed by atoms with Crippen molar-refractivity contribution in [1.82, 2.24) is 10.3 Å². The van der Waals surface area contributed by atoms with Crippen LogP contribution in [0.15, 0.2) is 36.5 Å². The maximum Gasteiger partial charge on any atom is 0.270 e. The average Bonchev–Trinajstić information content (AvgIpc) is 2.50. The SMILES string of the molecule is O=C(NCCCCCCBr)c1nccc2ccccc12. The monoisotopic (exact) mass is 334 g/mol. The van der Waals surface area contributed by atoms with Crippen LogP contribution in [-0.4, -0.2) is 22.8 Å². The summed E-state index contributed by atoms with van der Waals surface area (Å²) in [6.07, 6.45) is 6.25. The molecule has 0 atom stereocenters. The first-order valence-corrected chi connectivity index (χ1v) is 8.13. The molecule has 4 heteroatoms. The van der Waals surface area contributed by atoms with E-state index in [0.29, 0.717) is 12.2 Å². The van der Waals surface area contributed by atoms with Crippen molar-refractivity contribution in [3.63, 3.8) is 0 Å². The van der Waals surface area contributed by atoms with Gasteiger partial charge < -0.3 is 5.32 Å². The number of pyridine rings is 1. The number of aromatic nitrogens is 1. The summed E-state index contributed by atoms with van der Waals surface area (Å²) in [6.45, 7) is 0.714. The number of alkyl halides is 1. The maximum atomic E-state index is 12.2. The van der Waals surface area contributed by atoms with E-state index in [2.05, 4.69) is 26.2 Å². The lowest BCUT2D eigenvalue weighted by atomic mass is 10.1. The first kappa shape index (κ1) is 15.0. The summed E-state index contributed by atoms with van der Waals surface area (Å²) in [5.41, 5.74) is 0.517. The summed E-state index contributed by atoms with van der Waals surface area (Å²) < 4.78 is 0. The minimum absolute atomic E-state index is 0.0812. The molecular weight excluding hydrogens is 316 g/mol. The summed E-state index contributed by atoms with van der Waals surface area (Å²) in [5.74, 6) is -0.0812. The lowest BCUT2D eigenvalue weighted by molar-refractivity contribution is 0.0950. The van der Waals surface area contributed by atoms with Crippen LogP contribution >= 0.6 is 15.9 Å². The topological polar surface area (TPSA) is 42.0 Å². The molecule has 106 valence electrons. The number of hydrogen-bond acceptors (Lipinski definition) is 2. The first-order valence-electron chi connectivity index (χ1n) is 7.01. The van der Waals surface area contributed by atoms with E-state index in [1.54, 1.807) is 6.20 Å². The van der Waals surface area contributed by atoms with Crippen LogP contribution in [0.25, 0.3) is 10.8 Å². The average molecular weight is 335 g/mol. The van der Waals surface area contributed by atoms with E-state index in [1.165, 1.54) is 12.8 Å². The van der Waals surface area contributed by atoms with Gasteiger partial charge in [-0.25, -0.2) is 0 Å². The number of halogens is 1. The Labute approximate surface area is 127 Å². The lowest BCUT2D eigenvalue weighted by Gasteiger charge is -2.07. The fourth-order valence-electron chi connectivity index (χ4n) is 2.16. The Morgan fingerprint density at radius 2 is 1.90 bits per heavy atom. The van der Waals surface area contributed by atoms with Crippen LogP contribution in [0.5, 0.6) is 0 Å². The van der Waals surface area contributed by atoms with E-state index in [4.69, 9.17) is 0 Å². The molecule has 0 fully saturated rings. The Morgan fingerprint density at radius 1 is 1.10 bits per heavy atom. The fraction of sp³-hybridized carbons (Fsp3) is 0.375. The number of carbonyl (C=O) groups excluding carboxylic acids is 1. The second-order valence-electron chi connectivity index (χ2n) is 4.74. The molecule has 1 amide bonds. The molecule has 1 aromatic heterocycles. The first-order chi connectivity index (χ1) is 9.83. The van der Waals surface area contributed by atoms with Crippen LogP contribution in [0.2, 0.25) is 0 Å². The van der Waals surface area contributed by atoms with Crippen LogP contribution in [0.4, 0.5) is 0 Å². The second kappa shape index (κ2) is 8.00. The molecule has 0 aliphatic carbocycles. The van der Waals surface area contributed by atoms with Gasteiger partial charge in [0.1, 0.15) is 5.69 Å². The highest BCUT2D eigenvalue weighted by atomic mass is 79.9. The molecule has 1 aromatic carbocycles. The van der Waals surface area contributed by atoms with Gasteiger partial charge in [0.25, 0.3) is 5.91 Å². The Bertz CT molecular complexity index is 566. The van der Waals surface area contributed by atoms with Gasteiger partial charge in [0.2, 0.25) is 0 Å². The molecule has 0 unspecified atom stereocenters. The van der Waals surface area contributed by atoms with Crippen LogP contribution in [0.1, 0.15) is 36.2 Å². The van der Waals surface area contributed by atoms with Gasteiger partial charge in [-0.3, -0.25) is 9.78 Å². The summed E-state index contributed by atoms with van der Waals surface area (Å²) in [7, 11) is 0. The lowest BCUT2D eigenvalue weighted by Crippen LogP contribution is -2.25. The van der Waals surface area contributed by atoms with Crippen LogP contribution < -0.4 is 5.32 Å². The Kier molecular flexibility index (Phi) is 5.99. The normalized spacial score (nSPS) is 10.7. The molecule has 3 nitrogen and oxygen atoms in total. The second-order valence-corrected chi connectivity index (χ2v) is 5.53. The predicted molar refractivity (Wildman–Crippen MR) is 86.3 cm³/mol. The zero-order valence-corrected chi connectivity index (χ0v) is 13.0. The largest absolute Gasteiger partial charge is 0.351 e. The van der Waals surface area contributed by atoms with Crippen LogP contribution in [0.3, 0.4) is 0 Å². The highest BCUT2D eigenvalue weighted by molar-refractivity contribution is 9.09. The molecular formula is C16H19BrN2O. The highest BCUT2D eigenvalue weighted by Crippen LogP contribution is 2.16. The van der Waals surface area contributed by atoms with Crippen molar-refractivity contribution < 1.29 is 4.79 Å². The molecule has 2 rings (SSSR count). The minimum atomic E-state index is -0.0812. The van der Waals surface area contributed by atoms with Crippen LogP contribution in [0, 0.1) is 0 Å². The van der Waals surface area contributed by atoms with E-state index in [0.717, 1.165) is 28.9 Å². The van der Waals surface area contributed by atoms with Crippen molar-refractivity contribution in [2.75, 3.05) is 11.9 Å². The molecule has 20 heavy (non-hydrogen) atoms. The zero-order valence-electron chi connectivity index (χ0n) is 11.4. The molecule has 0 radical (unpaired) electrons. The summed E-state index contributed by atoms with van der Waals surface area (Å²) in [5, 5.41) is 5.97. The standard InChI is InChI=1S/C16H19BrN2O/c17-10-5-1-2-6-11-19-16(20)15-14-8-4-3-7-13(14)9-12-18-15/h3-4,7-9,12H,1-2,5-6,10-11H2,(H,19,20). The van der Waals surface area contributed by atoms with Crippen molar-refractivity contribution in [1.29, 1.82) is 0 Å². The predicted octanol–water partition coefficient (Wildman–Crippen LogP) is 3.92. The van der Waals surface area contributed by atoms with E-state index < -0.39 is 0 Å². The zero-order chi connectivity index (χ0) is 14.2. The molecule has 0 aliphatic heterocycles. The summed E-state index contributed by atoms with van der Waals surface area (Å²) in [6, 6.07) is 9.75. The van der Waals surface area contributed by atoms with Gasteiger partial charge in [-0.2, -0.15) is 0 Å². The van der Waals surface area contributed by atoms with Gasteiger partial charge >= 0.3 is 0 Å². The number of carbonyl (C=O) groups is 1. The third kappa shape index (κ3) is 4.04. The quantitative estimate of drug-likeness (QED) is 0.615. The van der Waals surface area contributed by atoms with E-state index in [-0.39, 0.29) is 5.91 Å². The van der Waals surface area contributed by atoms with Crippen molar-refractivity contribution in [2.45, 2.75) is 25.7 Å². The van der Waals surface area contributed by atoms with Gasteiger partial charge in [-0.05, 0) is 24.3 Å². The number of amides is 1. The summed E-state index contributed by atoms with van der Waals surface area (Å²) >= 11 is 3.42. The van der Waals surface area contributed by atoms with Crippen molar-refractivity contribution >= 4 is 32.6 Å². The molecule has 0 aliphatic rings. The smallest absolute Gasteiger partial charge is 0.270 e. The third-order valence-corrected chi connectivity index (χ3v) is 3.80. The number of fused-ring (bicyclic) bond motifs is 1. The Hall–Kier alpha value is -1.42. The van der Waals surface area contributed by atoms with Gasteiger partial charge in [0, 0.05) is 23.5 Å². The number of unbranched alkanes of at least 4 members (excludes halogenated alkanes) is 3. The van der Waals surface area contributed by atoms with E-state index >= 15 is 0 Å². The molecule has 2 aromatic rings. The highest BCUT2D eigenvalue weighted by Gasteiger charge is 2.10. The number of nitrogens with zero attached hydrogens (tertiary/aromatic N) is 1. The summed E-state index contributed by atoms with van der Waals surface area (Å²) in [4.78, 5) is 16.4. The van der Waals surface area contributed by atoms with Gasteiger partial charge in [0.15, 0.2) is 0 Å². The number of benzene rings is 1. The molecule has 1 N–H and O–H groups in total.